The molecular formula is C19H23N3O2. The van der Waals surface area contributed by atoms with Gasteiger partial charge >= 0.3 is 0 Å². The Morgan fingerprint density at radius 3 is 2.67 bits per heavy atom. The van der Waals surface area contributed by atoms with Gasteiger partial charge in [-0.05, 0) is 13.5 Å². The molecule has 0 N–H and O–H groups in total. The van der Waals surface area contributed by atoms with E-state index in [9.17, 15) is 4.79 Å². The van der Waals surface area contributed by atoms with Crippen molar-refractivity contribution in [1.29, 1.82) is 0 Å². The number of benzene rings is 1. The van der Waals surface area contributed by atoms with Crippen molar-refractivity contribution in [2.45, 2.75) is 12.8 Å². The van der Waals surface area contributed by atoms with Crippen LogP contribution in [0, 0.1) is 5.92 Å². The van der Waals surface area contributed by atoms with Crippen LogP contribution in [0.5, 0.6) is 0 Å². The van der Waals surface area contributed by atoms with Gasteiger partial charge in [0.1, 0.15) is 11.5 Å². The Balaban J connectivity index is 1.55. The maximum atomic E-state index is 13.1. The highest BCUT2D eigenvalue weighted by atomic mass is 16.5. The molecule has 1 aliphatic carbocycles. The highest BCUT2D eigenvalue weighted by Gasteiger charge is 2.35. The quantitative estimate of drug-likeness (QED) is 0.867. The van der Waals surface area contributed by atoms with E-state index in [-0.39, 0.29) is 11.7 Å². The number of Topliss-reactive ketones (excluding diaryl/α,β-unsaturated/α-hetero) is 1. The summed E-state index contributed by atoms with van der Waals surface area (Å²) in [5.41, 5.74) is 2.38. The van der Waals surface area contributed by atoms with Crippen molar-refractivity contribution in [3.8, 4) is 11.3 Å². The Kier molecular flexibility index (Phi) is 4.21. The SMILES string of the molecule is CN1CCN(CC2CCc3onc(-c4ccccc4)c3C2=O)CC1. The van der Waals surface area contributed by atoms with Gasteiger partial charge in [-0.3, -0.25) is 4.79 Å². The summed E-state index contributed by atoms with van der Waals surface area (Å²) in [5, 5.41) is 4.19. The molecule has 0 bridgehead atoms. The van der Waals surface area contributed by atoms with Gasteiger partial charge in [0.25, 0.3) is 0 Å². The lowest BCUT2D eigenvalue weighted by molar-refractivity contribution is 0.0806. The van der Waals surface area contributed by atoms with Crippen molar-refractivity contribution in [1.82, 2.24) is 15.0 Å². The monoisotopic (exact) mass is 325 g/mol. The minimum atomic E-state index is 0.0581. The van der Waals surface area contributed by atoms with E-state index in [1.807, 2.05) is 30.3 Å². The van der Waals surface area contributed by atoms with Crippen LogP contribution in [0.15, 0.2) is 34.9 Å². The van der Waals surface area contributed by atoms with Crippen LogP contribution < -0.4 is 0 Å². The molecule has 1 aliphatic heterocycles. The van der Waals surface area contributed by atoms with Crippen molar-refractivity contribution in [2.24, 2.45) is 5.92 Å². The Labute approximate surface area is 142 Å². The van der Waals surface area contributed by atoms with Crippen LogP contribution in [-0.4, -0.2) is 60.5 Å². The smallest absolute Gasteiger partial charge is 0.173 e. The topological polar surface area (TPSA) is 49.6 Å². The lowest BCUT2D eigenvalue weighted by Gasteiger charge is -2.35. The highest BCUT2D eigenvalue weighted by molar-refractivity contribution is 6.04. The lowest BCUT2D eigenvalue weighted by atomic mass is 9.84. The molecule has 1 unspecified atom stereocenters. The molecule has 24 heavy (non-hydrogen) atoms. The Morgan fingerprint density at radius 1 is 1.17 bits per heavy atom. The number of likely N-dealkylation sites (N-methyl/N-ethyl adjacent to an activating group) is 1. The van der Waals surface area contributed by atoms with Gasteiger partial charge in [-0.15, -0.1) is 0 Å². The Morgan fingerprint density at radius 2 is 1.92 bits per heavy atom. The lowest BCUT2D eigenvalue weighted by Crippen LogP contribution is -2.47. The zero-order valence-electron chi connectivity index (χ0n) is 14.1. The fourth-order valence-electron chi connectivity index (χ4n) is 3.70. The first-order valence-electron chi connectivity index (χ1n) is 8.71. The summed E-state index contributed by atoms with van der Waals surface area (Å²) in [5.74, 6) is 1.02. The van der Waals surface area contributed by atoms with Crippen molar-refractivity contribution in [2.75, 3.05) is 39.8 Å². The summed E-state index contributed by atoms with van der Waals surface area (Å²) < 4.78 is 5.47. The molecule has 0 amide bonds. The van der Waals surface area contributed by atoms with Gasteiger partial charge in [-0.2, -0.15) is 0 Å². The molecule has 0 radical (unpaired) electrons. The second-order valence-corrected chi connectivity index (χ2v) is 6.90. The minimum Gasteiger partial charge on any atom is -0.360 e. The number of carbonyl (C=O) groups is 1. The maximum Gasteiger partial charge on any atom is 0.173 e. The number of aryl methyl sites for hydroxylation is 1. The summed E-state index contributed by atoms with van der Waals surface area (Å²) in [6.07, 6.45) is 1.67. The maximum absolute atomic E-state index is 13.1. The molecule has 2 aromatic rings. The number of hydrogen-bond donors (Lipinski definition) is 0. The summed E-state index contributed by atoms with van der Waals surface area (Å²) in [6.45, 7) is 5.10. The second-order valence-electron chi connectivity index (χ2n) is 6.90. The van der Waals surface area contributed by atoms with E-state index in [1.165, 1.54) is 0 Å². The third-order valence-electron chi connectivity index (χ3n) is 5.22. The molecule has 2 heterocycles. The van der Waals surface area contributed by atoms with E-state index in [2.05, 4.69) is 22.0 Å². The number of ketones is 1. The number of piperazine rings is 1. The van der Waals surface area contributed by atoms with Crippen molar-refractivity contribution < 1.29 is 9.32 Å². The zero-order chi connectivity index (χ0) is 16.5. The summed E-state index contributed by atoms with van der Waals surface area (Å²) in [7, 11) is 2.15. The normalized spacial score (nSPS) is 22.5. The second kappa shape index (κ2) is 6.49. The molecule has 5 heteroatoms. The summed E-state index contributed by atoms with van der Waals surface area (Å²) in [4.78, 5) is 17.8. The first-order valence-corrected chi connectivity index (χ1v) is 8.71. The van der Waals surface area contributed by atoms with Crippen LogP contribution in [-0.2, 0) is 6.42 Å². The molecular weight excluding hydrogens is 302 g/mol. The van der Waals surface area contributed by atoms with Crippen LogP contribution >= 0.6 is 0 Å². The zero-order valence-corrected chi connectivity index (χ0v) is 14.1. The molecule has 1 saturated heterocycles. The first kappa shape index (κ1) is 15.5. The van der Waals surface area contributed by atoms with E-state index in [0.717, 1.165) is 56.9 Å². The van der Waals surface area contributed by atoms with Crippen molar-refractivity contribution in [3.63, 3.8) is 0 Å². The largest absolute Gasteiger partial charge is 0.360 e. The molecule has 1 atom stereocenters. The van der Waals surface area contributed by atoms with Gasteiger partial charge in [-0.1, -0.05) is 35.5 Å². The third-order valence-corrected chi connectivity index (χ3v) is 5.22. The average molecular weight is 325 g/mol. The number of hydrogen-bond acceptors (Lipinski definition) is 5. The van der Waals surface area contributed by atoms with Crippen LogP contribution in [0.3, 0.4) is 0 Å². The van der Waals surface area contributed by atoms with E-state index in [0.29, 0.717) is 11.3 Å². The summed E-state index contributed by atoms with van der Waals surface area (Å²) >= 11 is 0. The van der Waals surface area contributed by atoms with Gasteiger partial charge in [-0.25, -0.2) is 0 Å². The van der Waals surface area contributed by atoms with Gasteiger partial charge in [0, 0.05) is 50.6 Å². The number of fused-ring (bicyclic) bond motifs is 1. The number of rotatable bonds is 3. The standard InChI is InChI=1S/C19H23N3O2/c1-21-9-11-22(12-10-21)13-15-7-8-16-17(19(15)23)18(20-24-16)14-5-3-2-4-6-14/h2-6,15H,7-13H2,1H3. The molecule has 5 nitrogen and oxygen atoms in total. The minimum absolute atomic E-state index is 0.0581. The van der Waals surface area contributed by atoms with Crippen molar-refractivity contribution in [3.05, 3.63) is 41.7 Å². The van der Waals surface area contributed by atoms with Gasteiger partial charge < -0.3 is 14.3 Å². The predicted molar refractivity (Wildman–Crippen MR) is 92.0 cm³/mol. The van der Waals surface area contributed by atoms with Gasteiger partial charge in [0.05, 0.1) is 5.56 Å². The molecule has 1 fully saturated rings. The number of aromatic nitrogens is 1. The first-order chi connectivity index (χ1) is 11.7. The fourth-order valence-corrected chi connectivity index (χ4v) is 3.70. The predicted octanol–water partition coefficient (Wildman–Crippen LogP) is 2.33. The molecule has 1 aromatic heterocycles. The summed E-state index contributed by atoms with van der Waals surface area (Å²) in [6, 6.07) is 9.86. The molecule has 126 valence electrons. The van der Waals surface area contributed by atoms with Gasteiger partial charge in [0.2, 0.25) is 0 Å². The molecule has 1 aromatic carbocycles. The van der Waals surface area contributed by atoms with E-state index >= 15 is 0 Å². The fraction of sp³-hybridized carbons (Fsp3) is 0.474. The molecule has 4 rings (SSSR count). The molecule has 0 spiro atoms. The third kappa shape index (κ3) is 2.89. The van der Waals surface area contributed by atoms with Crippen LogP contribution in [0.1, 0.15) is 22.5 Å². The van der Waals surface area contributed by atoms with E-state index in [1.54, 1.807) is 0 Å². The molecule has 0 saturated carbocycles. The van der Waals surface area contributed by atoms with Crippen molar-refractivity contribution >= 4 is 5.78 Å². The molecule has 2 aliphatic rings. The van der Waals surface area contributed by atoms with E-state index in [4.69, 9.17) is 4.52 Å². The van der Waals surface area contributed by atoms with Crippen LogP contribution in [0.25, 0.3) is 11.3 Å². The number of carbonyl (C=O) groups excluding carboxylic acids is 1. The van der Waals surface area contributed by atoms with Crippen LogP contribution in [0.4, 0.5) is 0 Å². The Bertz CT molecular complexity index is 717. The van der Waals surface area contributed by atoms with Gasteiger partial charge in [0.15, 0.2) is 5.78 Å². The van der Waals surface area contributed by atoms with Crippen LogP contribution in [0.2, 0.25) is 0 Å². The average Bonchev–Trinajstić information content (AvgIpc) is 3.05. The number of nitrogens with zero attached hydrogens (tertiary/aromatic N) is 3. The highest BCUT2D eigenvalue weighted by Crippen LogP contribution is 2.33. The Hall–Kier alpha value is -1.98. The van der Waals surface area contributed by atoms with E-state index < -0.39 is 0 Å².